The maximum atomic E-state index is 12.3. The van der Waals surface area contributed by atoms with Crippen molar-refractivity contribution in [2.24, 2.45) is 0 Å². The average molecular weight is 324 g/mol. The summed E-state index contributed by atoms with van der Waals surface area (Å²) in [6, 6.07) is 4.92. The van der Waals surface area contributed by atoms with Gasteiger partial charge in [-0.3, -0.25) is 4.90 Å². The number of amides is 2. The van der Waals surface area contributed by atoms with E-state index >= 15 is 0 Å². The molecule has 0 atom stereocenters. The number of nitrogens with zero attached hydrogens (tertiary/aromatic N) is 2. The normalized spacial score (nSPS) is 10.4. The zero-order valence-electron chi connectivity index (χ0n) is 11.0. The van der Waals surface area contributed by atoms with Gasteiger partial charge in [-0.25, -0.2) is 4.79 Å². The van der Waals surface area contributed by atoms with E-state index in [1.54, 1.807) is 30.1 Å². The Hall–Kier alpha value is -0.640. The molecule has 0 aliphatic rings. The number of carbonyl (C=O) groups excluding carboxylic acids is 1. The van der Waals surface area contributed by atoms with Crippen molar-refractivity contribution in [2.45, 2.75) is 19.8 Å². The van der Waals surface area contributed by atoms with E-state index in [0.29, 0.717) is 22.3 Å². The Morgan fingerprint density at radius 1 is 1.26 bits per heavy atom. The molecule has 6 heteroatoms. The summed E-state index contributed by atoms with van der Waals surface area (Å²) in [7, 11) is 1.76. The first-order chi connectivity index (χ1) is 9.01. The third-order valence-electron chi connectivity index (χ3n) is 2.74. The zero-order chi connectivity index (χ0) is 14.4. The summed E-state index contributed by atoms with van der Waals surface area (Å²) in [5.41, 5.74) is 0.637. The smallest absolute Gasteiger partial charge is 0.325 e. The van der Waals surface area contributed by atoms with Crippen LogP contribution in [0.2, 0.25) is 10.0 Å². The lowest BCUT2D eigenvalue weighted by molar-refractivity contribution is 0.216. The van der Waals surface area contributed by atoms with E-state index < -0.39 is 0 Å². The predicted molar refractivity (Wildman–Crippen MR) is 82.6 cm³/mol. The van der Waals surface area contributed by atoms with Crippen LogP contribution in [-0.4, -0.2) is 30.5 Å². The van der Waals surface area contributed by atoms with Gasteiger partial charge in [0.05, 0.1) is 10.0 Å². The summed E-state index contributed by atoms with van der Waals surface area (Å²) in [6.07, 6.45) is 1.99. The minimum atomic E-state index is -0.151. The van der Waals surface area contributed by atoms with E-state index in [0.717, 1.165) is 12.8 Å². The minimum Gasteiger partial charge on any atom is -0.327 e. The van der Waals surface area contributed by atoms with Gasteiger partial charge >= 0.3 is 6.03 Å². The maximum absolute atomic E-state index is 12.3. The van der Waals surface area contributed by atoms with Crippen molar-refractivity contribution in [2.75, 3.05) is 24.5 Å². The highest BCUT2D eigenvalue weighted by molar-refractivity contribution is 6.42. The van der Waals surface area contributed by atoms with Crippen LogP contribution in [0.25, 0.3) is 0 Å². The Balaban J connectivity index is 2.87. The zero-order valence-corrected chi connectivity index (χ0v) is 13.3. The molecule has 19 heavy (non-hydrogen) atoms. The number of benzene rings is 1. The van der Waals surface area contributed by atoms with Gasteiger partial charge in [-0.1, -0.05) is 36.5 Å². The molecule has 0 fully saturated rings. The van der Waals surface area contributed by atoms with Crippen LogP contribution in [0.3, 0.4) is 0 Å². The largest absolute Gasteiger partial charge is 0.327 e. The molecule has 0 radical (unpaired) electrons. The molecule has 0 aromatic heterocycles. The third kappa shape index (κ3) is 4.44. The van der Waals surface area contributed by atoms with Crippen LogP contribution in [0, 0.1) is 0 Å². The van der Waals surface area contributed by atoms with Gasteiger partial charge in [-0.05, 0) is 24.6 Å². The molecule has 0 unspecified atom stereocenters. The van der Waals surface area contributed by atoms with Gasteiger partial charge in [-0.2, -0.15) is 0 Å². The molecule has 106 valence electrons. The molecular weight excluding hydrogens is 307 g/mol. The van der Waals surface area contributed by atoms with E-state index in [-0.39, 0.29) is 12.0 Å². The number of halogens is 3. The highest BCUT2D eigenvalue weighted by Gasteiger charge is 2.19. The highest BCUT2D eigenvalue weighted by Crippen LogP contribution is 2.27. The van der Waals surface area contributed by atoms with Crippen molar-refractivity contribution in [1.82, 2.24) is 4.90 Å². The Bertz CT molecular complexity index is 440. The van der Waals surface area contributed by atoms with Crippen LogP contribution in [-0.2, 0) is 0 Å². The van der Waals surface area contributed by atoms with Crippen LogP contribution in [0.5, 0.6) is 0 Å². The summed E-state index contributed by atoms with van der Waals surface area (Å²) < 4.78 is 0. The van der Waals surface area contributed by atoms with Gasteiger partial charge in [-0.15, -0.1) is 11.6 Å². The summed E-state index contributed by atoms with van der Waals surface area (Å²) in [4.78, 5) is 15.4. The van der Waals surface area contributed by atoms with Crippen molar-refractivity contribution < 1.29 is 4.79 Å². The second kappa shape index (κ2) is 7.83. The lowest BCUT2D eigenvalue weighted by Gasteiger charge is -2.26. The van der Waals surface area contributed by atoms with Crippen LogP contribution in [0.1, 0.15) is 19.8 Å². The van der Waals surface area contributed by atoms with E-state index in [4.69, 9.17) is 34.8 Å². The first-order valence-electron chi connectivity index (χ1n) is 6.04. The standard InChI is InChI=1S/C13H17Cl3N2O/c1-3-4-7-17(2)13(19)18(9-14)10-5-6-11(15)12(16)8-10/h5-6,8H,3-4,7,9H2,1-2H3. The molecule has 0 N–H and O–H groups in total. The second-order valence-corrected chi connectivity index (χ2v) is 5.26. The number of carbonyl (C=O) groups is 1. The van der Waals surface area contributed by atoms with Crippen molar-refractivity contribution in [3.8, 4) is 0 Å². The van der Waals surface area contributed by atoms with E-state index in [9.17, 15) is 4.79 Å². The Morgan fingerprint density at radius 2 is 1.95 bits per heavy atom. The molecule has 1 aromatic rings. The number of hydrogen-bond donors (Lipinski definition) is 0. The van der Waals surface area contributed by atoms with Crippen molar-refractivity contribution in [3.05, 3.63) is 28.2 Å². The first kappa shape index (κ1) is 16.4. The van der Waals surface area contributed by atoms with Crippen molar-refractivity contribution in [3.63, 3.8) is 0 Å². The molecule has 0 heterocycles. The van der Waals surface area contributed by atoms with Gasteiger partial charge < -0.3 is 4.90 Å². The molecule has 0 spiro atoms. The van der Waals surface area contributed by atoms with Gasteiger partial charge in [0, 0.05) is 19.3 Å². The Labute approximate surface area is 129 Å². The molecule has 0 bridgehead atoms. The number of hydrogen-bond acceptors (Lipinski definition) is 1. The van der Waals surface area contributed by atoms with Gasteiger partial charge in [0.2, 0.25) is 0 Å². The van der Waals surface area contributed by atoms with Gasteiger partial charge in [0.15, 0.2) is 0 Å². The highest BCUT2D eigenvalue weighted by atomic mass is 35.5. The lowest BCUT2D eigenvalue weighted by atomic mass is 10.3. The maximum Gasteiger partial charge on any atom is 0.325 e. The molecule has 0 saturated heterocycles. The molecule has 0 saturated carbocycles. The minimum absolute atomic E-state index is 0.0628. The fraction of sp³-hybridized carbons (Fsp3) is 0.462. The fourth-order valence-corrected chi connectivity index (χ4v) is 2.11. The van der Waals surface area contributed by atoms with E-state index in [1.807, 2.05) is 0 Å². The van der Waals surface area contributed by atoms with Crippen LogP contribution < -0.4 is 4.90 Å². The molecule has 3 nitrogen and oxygen atoms in total. The van der Waals surface area contributed by atoms with Crippen molar-refractivity contribution in [1.29, 1.82) is 0 Å². The second-order valence-electron chi connectivity index (χ2n) is 4.20. The summed E-state index contributed by atoms with van der Waals surface area (Å²) in [6.45, 7) is 2.78. The number of anilines is 1. The number of urea groups is 1. The summed E-state index contributed by atoms with van der Waals surface area (Å²) in [5, 5.41) is 0.852. The Morgan fingerprint density at radius 3 is 2.47 bits per heavy atom. The number of alkyl halides is 1. The number of rotatable bonds is 5. The SMILES string of the molecule is CCCCN(C)C(=O)N(CCl)c1ccc(Cl)c(Cl)c1. The summed E-state index contributed by atoms with van der Waals surface area (Å²) >= 11 is 17.7. The topological polar surface area (TPSA) is 23.6 Å². The van der Waals surface area contributed by atoms with Crippen LogP contribution >= 0.6 is 34.8 Å². The lowest BCUT2D eigenvalue weighted by Crippen LogP contribution is -2.41. The fourth-order valence-electron chi connectivity index (χ4n) is 1.58. The van der Waals surface area contributed by atoms with Crippen molar-refractivity contribution >= 4 is 46.5 Å². The molecule has 0 aliphatic heterocycles. The van der Waals surface area contributed by atoms with E-state index in [2.05, 4.69) is 6.92 Å². The van der Waals surface area contributed by atoms with Gasteiger partial charge in [0.1, 0.15) is 6.00 Å². The Kier molecular flexibility index (Phi) is 6.76. The third-order valence-corrected chi connectivity index (χ3v) is 3.72. The quantitative estimate of drug-likeness (QED) is 0.561. The predicted octanol–water partition coefficient (Wildman–Crippen LogP) is 4.85. The molecular formula is C13H17Cl3N2O. The molecule has 1 rings (SSSR count). The molecule has 1 aromatic carbocycles. The van der Waals surface area contributed by atoms with Gasteiger partial charge in [0.25, 0.3) is 0 Å². The summed E-state index contributed by atoms with van der Waals surface area (Å²) in [5.74, 6) is 0. The average Bonchev–Trinajstić information content (AvgIpc) is 2.40. The number of unbranched alkanes of at least 4 members (excludes halogenated alkanes) is 1. The molecule has 0 aliphatic carbocycles. The van der Waals surface area contributed by atoms with Crippen LogP contribution in [0.4, 0.5) is 10.5 Å². The molecule has 2 amide bonds. The van der Waals surface area contributed by atoms with Crippen LogP contribution in [0.15, 0.2) is 18.2 Å². The first-order valence-corrected chi connectivity index (χ1v) is 7.34. The van der Waals surface area contributed by atoms with E-state index in [1.165, 1.54) is 4.90 Å². The monoisotopic (exact) mass is 322 g/mol.